The van der Waals surface area contributed by atoms with Gasteiger partial charge < -0.3 is 20.5 Å². The summed E-state index contributed by atoms with van der Waals surface area (Å²) >= 11 is 0. The molecule has 0 bridgehead atoms. The lowest BCUT2D eigenvalue weighted by molar-refractivity contribution is -0.121. The maximum atomic E-state index is 11.9. The van der Waals surface area contributed by atoms with Gasteiger partial charge in [-0.15, -0.1) is 0 Å². The molecule has 6 nitrogen and oxygen atoms in total. The van der Waals surface area contributed by atoms with Gasteiger partial charge in [0.1, 0.15) is 5.75 Å². The van der Waals surface area contributed by atoms with Crippen LogP contribution in [0.25, 0.3) is 0 Å². The zero-order valence-electron chi connectivity index (χ0n) is 13.3. The molecule has 0 aromatic heterocycles. The van der Waals surface area contributed by atoms with Crippen molar-refractivity contribution in [1.29, 1.82) is 0 Å². The highest BCUT2D eigenvalue weighted by molar-refractivity contribution is 5.96. The average Bonchev–Trinajstić information content (AvgIpc) is 2.50. The molecule has 0 aliphatic rings. The summed E-state index contributed by atoms with van der Waals surface area (Å²) in [4.78, 5) is 23.6. The Balaban J connectivity index is 2.46. The molecule has 3 N–H and O–H groups in total. The van der Waals surface area contributed by atoms with Crippen molar-refractivity contribution in [2.45, 2.75) is 39.3 Å². The normalized spacial score (nSPS) is 11.9. The van der Waals surface area contributed by atoms with E-state index in [0.717, 1.165) is 0 Å². The highest BCUT2D eigenvalue weighted by Gasteiger charge is 2.11. The van der Waals surface area contributed by atoms with Gasteiger partial charge in [-0.1, -0.05) is 6.92 Å². The molecule has 1 aromatic carbocycles. The summed E-state index contributed by atoms with van der Waals surface area (Å²) in [6, 6.07) is 6.44. The number of aliphatic hydroxyl groups is 1. The molecule has 0 radical (unpaired) electrons. The van der Waals surface area contributed by atoms with Crippen LogP contribution in [0.2, 0.25) is 0 Å². The molecule has 122 valence electrons. The van der Waals surface area contributed by atoms with Crippen LogP contribution in [0.3, 0.4) is 0 Å². The summed E-state index contributed by atoms with van der Waals surface area (Å²) in [7, 11) is 0. The van der Waals surface area contributed by atoms with Crippen LogP contribution in [0, 0.1) is 0 Å². The van der Waals surface area contributed by atoms with Crippen molar-refractivity contribution in [1.82, 2.24) is 10.6 Å². The third-order valence-corrected chi connectivity index (χ3v) is 2.98. The molecule has 0 saturated heterocycles. The molecule has 1 atom stereocenters. The van der Waals surface area contributed by atoms with Crippen LogP contribution >= 0.6 is 0 Å². The first kappa shape index (κ1) is 18.0. The molecule has 2 amide bonds. The number of nitrogens with one attached hydrogen (secondary N) is 2. The van der Waals surface area contributed by atoms with E-state index in [2.05, 4.69) is 10.6 Å². The Morgan fingerprint density at radius 1 is 1.23 bits per heavy atom. The van der Waals surface area contributed by atoms with E-state index in [-0.39, 0.29) is 37.1 Å². The second-order valence-electron chi connectivity index (χ2n) is 5.23. The van der Waals surface area contributed by atoms with Crippen molar-refractivity contribution in [3.8, 4) is 5.75 Å². The lowest BCUT2D eigenvalue weighted by atomic mass is 10.2. The minimum atomic E-state index is -0.330. The van der Waals surface area contributed by atoms with Crippen molar-refractivity contribution in [2.24, 2.45) is 0 Å². The Kier molecular flexibility index (Phi) is 7.39. The third-order valence-electron chi connectivity index (χ3n) is 2.98. The van der Waals surface area contributed by atoms with E-state index >= 15 is 0 Å². The molecule has 22 heavy (non-hydrogen) atoms. The van der Waals surface area contributed by atoms with E-state index in [0.29, 0.717) is 17.7 Å². The molecular formula is C16H24N2O4. The minimum Gasteiger partial charge on any atom is -0.491 e. The fraction of sp³-hybridized carbons (Fsp3) is 0.500. The first-order valence-corrected chi connectivity index (χ1v) is 7.41. The summed E-state index contributed by atoms with van der Waals surface area (Å²) in [5.41, 5.74) is 0.457. The first-order chi connectivity index (χ1) is 10.5. The number of carbonyl (C=O) groups is 2. The topological polar surface area (TPSA) is 87.7 Å². The number of amides is 2. The van der Waals surface area contributed by atoms with Crippen LogP contribution < -0.4 is 15.4 Å². The Labute approximate surface area is 130 Å². The van der Waals surface area contributed by atoms with Gasteiger partial charge in [0.15, 0.2) is 0 Å². The van der Waals surface area contributed by atoms with Crippen LogP contribution in [0.1, 0.15) is 37.6 Å². The third kappa shape index (κ3) is 6.13. The van der Waals surface area contributed by atoms with E-state index < -0.39 is 0 Å². The highest BCUT2D eigenvalue weighted by atomic mass is 16.5. The SMILES string of the molecule is CCC(CO)NC(=O)CNC(=O)c1ccc(OC(C)C)cc1. The Bertz CT molecular complexity index is 481. The van der Waals surface area contributed by atoms with Crippen molar-refractivity contribution in [2.75, 3.05) is 13.2 Å². The first-order valence-electron chi connectivity index (χ1n) is 7.41. The quantitative estimate of drug-likeness (QED) is 0.671. The van der Waals surface area contributed by atoms with E-state index in [1.54, 1.807) is 24.3 Å². The van der Waals surface area contributed by atoms with Gasteiger partial charge in [-0.05, 0) is 44.5 Å². The summed E-state index contributed by atoms with van der Waals surface area (Å²) in [5, 5.41) is 14.2. The average molecular weight is 308 g/mol. The van der Waals surface area contributed by atoms with Gasteiger partial charge in [-0.3, -0.25) is 9.59 Å². The predicted molar refractivity (Wildman–Crippen MR) is 83.8 cm³/mol. The van der Waals surface area contributed by atoms with Crippen LogP contribution in [0.15, 0.2) is 24.3 Å². The number of carbonyl (C=O) groups excluding carboxylic acids is 2. The smallest absolute Gasteiger partial charge is 0.251 e. The molecule has 1 rings (SSSR count). The van der Waals surface area contributed by atoms with Crippen LogP contribution in [0.5, 0.6) is 5.75 Å². The zero-order valence-corrected chi connectivity index (χ0v) is 13.3. The molecule has 1 unspecified atom stereocenters. The highest BCUT2D eigenvalue weighted by Crippen LogP contribution is 2.13. The predicted octanol–water partition coefficient (Wildman–Crippen LogP) is 1.09. The van der Waals surface area contributed by atoms with Crippen molar-refractivity contribution in [3.63, 3.8) is 0 Å². The standard InChI is InChI=1S/C16H24N2O4/c1-4-13(10-19)18-15(20)9-17-16(21)12-5-7-14(8-6-12)22-11(2)3/h5-8,11,13,19H,4,9-10H2,1-3H3,(H,17,21)(H,18,20). The van der Waals surface area contributed by atoms with Gasteiger partial charge in [-0.25, -0.2) is 0 Å². The van der Waals surface area contributed by atoms with Crippen molar-refractivity contribution >= 4 is 11.8 Å². The largest absolute Gasteiger partial charge is 0.491 e. The van der Waals surface area contributed by atoms with E-state index in [1.165, 1.54) is 0 Å². The second-order valence-corrected chi connectivity index (χ2v) is 5.23. The molecular weight excluding hydrogens is 284 g/mol. The lowest BCUT2D eigenvalue weighted by Gasteiger charge is -2.14. The van der Waals surface area contributed by atoms with Gasteiger partial charge in [-0.2, -0.15) is 0 Å². The van der Waals surface area contributed by atoms with Gasteiger partial charge in [0, 0.05) is 5.56 Å². The monoisotopic (exact) mass is 308 g/mol. The van der Waals surface area contributed by atoms with Crippen LogP contribution in [-0.2, 0) is 4.79 Å². The summed E-state index contributed by atoms with van der Waals surface area (Å²) in [5.74, 6) is 0.0373. The second kappa shape index (κ2) is 9.04. The fourth-order valence-electron chi connectivity index (χ4n) is 1.78. The molecule has 1 aromatic rings. The van der Waals surface area contributed by atoms with Gasteiger partial charge in [0.25, 0.3) is 5.91 Å². The lowest BCUT2D eigenvalue weighted by Crippen LogP contribution is -2.43. The maximum Gasteiger partial charge on any atom is 0.251 e. The summed E-state index contributed by atoms with van der Waals surface area (Å²) in [6.07, 6.45) is 0.703. The number of aliphatic hydroxyl groups excluding tert-OH is 1. The van der Waals surface area contributed by atoms with E-state index in [1.807, 2.05) is 20.8 Å². The molecule has 0 aliphatic carbocycles. The molecule has 0 spiro atoms. The molecule has 6 heteroatoms. The molecule has 0 saturated carbocycles. The number of benzene rings is 1. The number of rotatable bonds is 8. The Hall–Kier alpha value is -2.08. The van der Waals surface area contributed by atoms with Crippen LogP contribution in [0.4, 0.5) is 0 Å². The number of hydrogen-bond acceptors (Lipinski definition) is 4. The molecule has 0 fully saturated rings. The van der Waals surface area contributed by atoms with Gasteiger partial charge >= 0.3 is 0 Å². The molecule has 0 heterocycles. The number of hydrogen-bond donors (Lipinski definition) is 3. The number of ether oxygens (including phenoxy) is 1. The zero-order chi connectivity index (χ0) is 16.5. The van der Waals surface area contributed by atoms with E-state index in [4.69, 9.17) is 9.84 Å². The van der Waals surface area contributed by atoms with Crippen molar-refractivity contribution < 1.29 is 19.4 Å². The van der Waals surface area contributed by atoms with Crippen LogP contribution in [-0.4, -0.2) is 42.2 Å². The Morgan fingerprint density at radius 3 is 2.36 bits per heavy atom. The summed E-state index contributed by atoms with van der Waals surface area (Å²) in [6.45, 7) is 5.47. The maximum absolute atomic E-state index is 11.9. The Morgan fingerprint density at radius 2 is 1.86 bits per heavy atom. The fourth-order valence-corrected chi connectivity index (χ4v) is 1.78. The molecule has 0 aliphatic heterocycles. The van der Waals surface area contributed by atoms with Gasteiger partial charge in [0.05, 0.1) is 25.3 Å². The summed E-state index contributed by atoms with van der Waals surface area (Å²) < 4.78 is 5.50. The van der Waals surface area contributed by atoms with Gasteiger partial charge in [0.2, 0.25) is 5.91 Å². The minimum absolute atomic E-state index is 0.0707. The van der Waals surface area contributed by atoms with E-state index in [9.17, 15) is 9.59 Å². The van der Waals surface area contributed by atoms with Crippen molar-refractivity contribution in [3.05, 3.63) is 29.8 Å².